The highest BCUT2D eigenvalue weighted by Gasteiger charge is 1.93. The molecule has 0 aliphatic rings. The van der Waals surface area contributed by atoms with E-state index in [-0.39, 0.29) is 12.4 Å². The van der Waals surface area contributed by atoms with Crippen molar-refractivity contribution in [3.05, 3.63) is 27.1 Å². The first-order chi connectivity index (χ1) is 4.72. The molecule has 0 amide bonds. The maximum Gasteiger partial charge on any atom is 0.0507 e. The standard InChI is InChI=1S/C6H6Br2N2.ClH/c7-4-1-5(8)3-6(2-4)10-9;/h1-3,10H,9H2;1H. The Kier molecular flexibility index (Phi) is 5.08. The van der Waals surface area contributed by atoms with Crippen LogP contribution in [0, 0.1) is 0 Å². The lowest BCUT2D eigenvalue weighted by molar-refractivity contribution is 1.34. The van der Waals surface area contributed by atoms with Crippen LogP contribution < -0.4 is 11.3 Å². The summed E-state index contributed by atoms with van der Waals surface area (Å²) in [6.07, 6.45) is 0. The van der Waals surface area contributed by atoms with Crippen molar-refractivity contribution in [2.75, 3.05) is 5.43 Å². The summed E-state index contributed by atoms with van der Waals surface area (Å²) in [4.78, 5) is 0. The Bertz CT molecular complexity index is 222. The average Bonchev–Trinajstić information content (AvgIpc) is 1.85. The van der Waals surface area contributed by atoms with Gasteiger partial charge in [-0.1, -0.05) is 31.9 Å². The van der Waals surface area contributed by atoms with Gasteiger partial charge in [0.05, 0.1) is 5.69 Å². The van der Waals surface area contributed by atoms with Gasteiger partial charge in [0.15, 0.2) is 0 Å². The molecule has 0 aromatic heterocycles. The van der Waals surface area contributed by atoms with Crippen LogP contribution in [0.3, 0.4) is 0 Å². The highest BCUT2D eigenvalue weighted by molar-refractivity contribution is 9.11. The second-order valence-electron chi connectivity index (χ2n) is 1.80. The zero-order valence-electron chi connectivity index (χ0n) is 5.47. The number of hydrogen-bond acceptors (Lipinski definition) is 2. The van der Waals surface area contributed by atoms with Crippen molar-refractivity contribution in [3.8, 4) is 0 Å². The van der Waals surface area contributed by atoms with E-state index in [1.54, 1.807) is 0 Å². The van der Waals surface area contributed by atoms with Gasteiger partial charge < -0.3 is 5.43 Å². The van der Waals surface area contributed by atoms with Crippen LogP contribution in [0.1, 0.15) is 0 Å². The van der Waals surface area contributed by atoms with E-state index in [0.29, 0.717) is 0 Å². The minimum Gasteiger partial charge on any atom is -0.324 e. The molecule has 1 aromatic rings. The van der Waals surface area contributed by atoms with Gasteiger partial charge in [-0.25, -0.2) is 0 Å². The number of anilines is 1. The molecular formula is C6H7Br2ClN2. The second kappa shape index (κ2) is 4.98. The van der Waals surface area contributed by atoms with E-state index in [0.717, 1.165) is 14.6 Å². The van der Waals surface area contributed by atoms with Gasteiger partial charge in [0.1, 0.15) is 0 Å². The molecular weight excluding hydrogens is 295 g/mol. The van der Waals surface area contributed by atoms with E-state index in [2.05, 4.69) is 37.3 Å². The summed E-state index contributed by atoms with van der Waals surface area (Å²) in [6.45, 7) is 0. The van der Waals surface area contributed by atoms with Gasteiger partial charge >= 0.3 is 0 Å². The summed E-state index contributed by atoms with van der Waals surface area (Å²) in [5.41, 5.74) is 3.42. The highest BCUT2D eigenvalue weighted by Crippen LogP contribution is 2.22. The van der Waals surface area contributed by atoms with E-state index in [9.17, 15) is 0 Å². The maximum absolute atomic E-state index is 5.20. The lowest BCUT2D eigenvalue weighted by Gasteiger charge is -2.00. The van der Waals surface area contributed by atoms with Crippen molar-refractivity contribution >= 4 is 50.0 Å². The van der Waals surface area contributed by atoms with Gasteiger partial charge in [-0.2, -0.15) is 0 Å². The second-order valence-corrected chi connectivity index (χ2v) is 3.63. The third-order valence-electron chi connectivity index (χ3n) is 1.03. The molecule has 1 rings (SSSR count). The molecule has 0 bridgehead atoms. The Morgan fingerprint density at radius 1 is 1.09 bits per heavy atom. The number of nitrogens with one attached hydrogen (secondary N) is 1. The third kappa shape index (κ3) is 3.42. The Hall–Kier alpha value is 0.230. The summed E-state index contributed by atoms with van der Waals surface area (Å²) in [6, 6.07) is 5.73. The van der Waals surface area contributed by atoms with Crippen LogP contribution >= 0.6 is 44.3 Å². The minimum atomic E-state index is 0. The van der Waals surface area contributed by atoms with Crippen molar-refractivity contribution in [1.29, 1.82) is 0 Å². The van der Waals surface area contributed by atoms with Gasteiger partial charge in [-0.15, -0.1) is 12.4 Å². The number of halogens is 3. The van der Waals surface area contributed by atoms with E-state index in [1.165, 1.54) is 0 Å². The number of hydrogen-bond donors (Lipinski definition) is 2. The van der Waals surface area contributed by atoms with Crippen molar-refractivity contribution in [2.24, 2.45) is 5.84 Å². The summed E-state index contributed by atoms with van der Waals surface area (Å²) in [5, 5.41) is 0. The molecule has 0 radical (unpaired) electrons. The normalized spacial score (nSPS) is 8.64. The number of benzene rings is 1. The minimum absolute atomic E-state index is 0. The lowest BCUT2D eigenvalue weighted by Crippen LogP contribution is -2.06. The van der Waals surface area contributed by atoms with Gasteiger partial charge in [0.2, 0.25) is 0 Å². The van der Waals surface area contributed by atoms with E-state index >= 15 is 0 Å². The van der Waals surface area contributed by atoms with Crippen LogP contribution in [0.2, 0.25) is 0 Å². The summed E-state index contributed by atoms with van der Waals surface area (Å²) < 4.78 is 1.99. The van der Waals surface area contributed by atoms with Crippen molar-refractivity contribution in [3.63, 3.8) is 0 Å². The highest BCUT2D eigenvalue weighted by atomic mass is 79.9. The van der Waals surface area contributed by atoms with Crippen molar-refractivity contribution in [1.82, 2.24) is 0 Å². The van der Waals surface area contributed by atoms with Crippen molar-refractivity contribution < 1.29 is 0 Å². The largest absolute Gasteiger partial charge is 0.324 e. The van der Waals surface area contributed by atoms with Crippen LogP contribution in [0.25, 0.3) is 0 Å². The Morgan fingerprint density at radius 3 is 1.91 bits per heavy atom. The number of nitrogens with two attached hydrogens (primary N) is 1. The first-order valence-electron chi connectivity index (χ1n) is 2.65. The zero-order valence-corrected chi connectivity index (χ0v) is 9.46. The van der Waals surface area contributed by atoms with Crippen LogP contribution in [0.4, 0.5) is 5.69 Å². The Morgan fingerprint density at radius 2 is 1.55 bits per heavy atom. The molecule has 62 valence electrons. The van der Waals surface area contributed by atoms with Gasteiger partial charge in [-0.05, 0) is 18.2 Å². The molecule has 0 saturated heterocycles. The molecule has 0 aliphatic carbocycles. The van der Waals surface area contributed by atoms with Gasteiger partial charge in [0, 0.05) is 8.95 Å². The molecule has 5 heteroatoms. The van der Waals surface area contributed by atoms with Gasteiger partial charge in [-0.3, -0.25) is 5.84 Å². The Labute approximate surface area is 88.2 Å². The number of hydrazine groups is 1. The van der Waals surface area contributed by atoms with E-state index in [4.69, 9.17) is 5.84 Å². The number of rotatable bonds is 1. The monoisotopic (exact) mass is 300 g/mol. The fraction of sp³-hybridized carbons (Fsp3) is 0. The number of nitrogen functional groups attached to an aromatic ring is 1. The summed E-state index contributed by atoms with van der Waals surface area (Å²) >= 11 is 6.66. The molecule has 0 fully saturated rings. The first-order valence-corrected chi connectivity index (χ1v) is 4.23. The molecule has 0 heterocycles. The molecule has 3 N–H and O–H groups in total. The lowest BCUT2D eigenvalue weighted by atomic mass is 10.3. The molecule has 2 nitrogen and oxygen atoms in total. The fourth-order valence-electron chi connectivity index (χ4n) is 0.637. The maximum atomic E-state index is 5.20. The smallest absolute Gasteiger partial charge is 0.0507 e. The molecule has 0 aliphatic heterocycles. The van der Waals surface area contributed by atoms with Crippen molar-refractivity contribution in [2.45, 2.75) is 0 Å². The molecule has 0 spiro atoms. The van der Waals surface area contributed by atoms with Crippen LogP contribution in [-0.2, 0) is 0 Å². The zero-order chi connectivity index (χ0) is 7.56. The van der Waals surface area contributed by atoms with Gasteiger partial charge in [0.25, 0.3) is 0 Å². The average molecular weight is 302 g/mol. The van der Waals surface area contributed by atoms with Crippen LogP contribution in [-0.4, -0.2) is 0 Å². The fourth-order valence-corrected chi connectivity index (χ4v) is 1.93. The van der Waals surface area contributed by atoms with E-state index in [1.807, 2.05) is 18.2 Å². The molecule has 1 aromatic carbocycles. The molecule has 0 atom stereocenters. The summed E-state index contributed by atoms with van der Waals surface area (Å²) in [7, 11) is 0. The summed E-state index contributed by atoms with van der Waals surface area (Å²) in [5.74, 6) is 5.20. The predicted octanol–water partition coefficient (Wildman–Crippen LogP) is 2.92. The van der Waals surface area contributed by atoms with Crippen LogP contribution in [0.15, 0.2) is 27.1 Å². The SMILES string of the molecule is Cl.NNc1cc(Br)cc(Br)c1. The molecule has 11 heavy (non-hydrogen) atoms. The van der Waals surface area contributed by atoms with Crippen LogP contribution in [0.5, 0.6) is 0 Å². The molecule has 0 saturated carbocycles. The van der Waals surface area contributed by atoms with E-state index < -0.39 is 0 Å². The first kappa shape index (κ1) is 11.2. The third-order valence-corrected chi connectivity index (χ3v) is 1.94. The molecule has 0 unspecified atom stereocenters. The topological polar surface area (TPSA) is 38.0 Å². The Balaban J connectivity index is 0.000001000. The quantitative estimate of drug-likeness (QED) is 0.618. The predicted molar refractivity (Wildman–Crippen MR) is 56.9 cm³/mol.